The lowest BCUT2D eigenvalue weighted by atomic mass is 10.2. The van der Waals surface area contributed by atoms with Crippen LogP contribution in [0.25, 0.3) is 5.69 Å². The molecule has 1 heterocycles. The summed E-state index contributed by atoms with van der Waals surface area (Å²) < 4.78 is 7.15. The van der Waals surface area contributed by atoms with E-state index >= 15 is 0 Å². The number of hydrogen-bond donors (Lipinski definition) is 1. The van der Waals surface area contributed by atoms with Crippen LogP contribution in [0, 0.1) is 6.92 Å². The molecule has 1 N–H and O–H groups in total. The van der Waals surface area contributed by atoms with Crippen molar-refractivity contribution in [1.82, 2.24) is 14.9 Å². The number of benzene rings is 2. The van der Waals surface area contributed by atoms with Crippen LogP contribution in [0.5, 0.6) is 5.75 Å². The third-order valence-corrected chi connectivity index (χ3v) is 3.99. The Hall–Kier alpha value is -3.08. The molecular weight excluding hydrogens is 314 g/mol. The van der Waals surface area contributed by atoms with Gasteiger partial charge in [-0.25, -0.2) is 4.98 Å². The Morgan fingerprint density at radius 2 is 1.84 bits per heavy atom. The number of carbonyl (C=O) groups excluding carboxylic acids is 1. The molecule has 0 radical (unpaired) electrons. The van der Waals surface area contributed by atoms with E-state index in [9.17, 15) is 4.79 Å². The Kier molecular flexibility index (Phi) is 5.14. The first-order chi connectivity index (χ1) is 12.2. The molecule has 0 atom stereocenters. The van der Waals surface area contributed by atoms with Gasteiger partial charge in [-0.2, -0.15) is 0 Å². The Bertz CT molecular complexity index is 839. The minimum absolute atomic E-state index is 0.0955. The maximum absolute atomic E-state index is 12.2. The number of methoxy groups -OCH3 is 1. The molecule has 1 aromatic heterocycles. The summed E-state index contributed by atoms with van der Waals surface area (Å²) in [4.78, 5) is 16.7. The van der Waals surface area contributed by atoms with Crippen molar-refractivity contribution in [2.24, 2.45) is 0 Å². The highest BCUT2D eigenvalue weighted by atomic mass is 16.5. The van der Waals surface area contributed by atoms with Crippen LogP contribution in [0.1, 0.15) is 21.9 Å². The first-order valence-electron chi connectivity index (χ1n) is 8.20. The minimum Gasteiger partial charge on any atom is -0.497 e. The molecule has 5 heteroatoms. The summed E-state index contributed by atoms with van der Waals surface area (Å²) in [5.74, 6) is 1.57. The molecule has 0 fully saturated rings. The van der Waals surface area contributed by atoms with Crippen molar-refractivity contribution in [2.75, 3.05) is 13.7 Å². The monoisotopic (exact) mass is 335 g/mol. The zero-order chi connectivity index (χ0) is 17.6. The van der Waals surface area contributed by atoms with Crippen molar-refractivity contribution in [3.8, 4) is 11.4 Å². The van der Waals surface area contributed by atoms with E-state index in [-0.39, 0.29) is 5.91 Å². The molecule has 3 rings (SSSR count). The van der Waals surface area contributed by atoms with Crippen LogP contribution >= 0.6 is 0 Å². The summed E-state index contributed by atoms with van der Waals surface area (Å²) in [6.07, 6.45) is 2.70. The summed E-state index contributed by atoms with van der Waals surface area (Å²) in [5.41, 5.74) is 2.66. The Morgan fingerprint density at radius 1 is 1.12 bits per heavy atom. The largest absolute Gasteiger partial charge is 0.497 e. The first kappa shape index (κ1) is 16.8. The Balaban J connectivity index is 1.58. The summed E-state index contributed by atoms with van der Waals surface area (Å²) in [7, 11) is 1.60. The lowest BCUT2D eigenvalue weighted by Crippen LogP contribution is -2.25. The van der Waals surface area contributed by atoms with Gasteiger partial charge in [0, 0.05) is 30.4 Å². The number of imidazole rings is 1. The average Bonchev–Trinajstić information content (AvgIpc) is 3.03. The van der Waals surface area contributed by atoms with Crippen LogP contribution in [-0.4, -0.2) is 29.1 Å². The number of aromatic nitrogens is 2. The molecule has 3 aromatic rings. The maximum Gasteiger partial charge on any atom is 0.251 e. The topological polar surface area (TPSA) is 56.1 Å². The average molecular weight is 335 g/mol. The van der Waals surface area contributed by atoms with E-state index in [1.54, 1.807) is 31.4 Å². The van der Waals surface area contributed by atoms with Gasteiger partial charge in [-0.05, 0) is 43.3 Å². The quantitative estimate of drug-likeness (QED) is 0.753. The SMILES string of the molecule is COc1ccc(C(=O)NCCc2cn(-c3ccccc3)c(C)n2)cc1. The van der Waals surface area contributed by atoms with Crippen molar-refractivity contribution in [3.05, 3.63) is 77.9 Å². The van der Waals surface area contributed by atoms with Gasteiger partial charge < -0.3 is 14.6 Å². The van der Waals surface area contributed by atoms with Crippen LogP contribution < -0.4 is 10.1 Å². The van der Waals surface area contributed by atoms with E-state index < -0.39 is 0 Å². The summed E-state index contributed by atoms with van der Waals surface area (Å²) in [6, 6.07) is 17.1. The molecule has 5 nitrogen and oxygen atoms in total. The molecule has 0 unspecified atom stereocenters. The number of nitrogens with zero attached hydrogens (tertiary/aromatic N) is 2. The van der Waals surface area contributed by atoms with Crippen molar-refractivity contribution >= 4 is 5.91 Å². The summed E-state index contributed by atoms with van der Waals surface area (Å²) in [5, 5.41) is 2.92. The number of ether oxygens (including phenoxy) is 1. The highest BCUT2D eigenvalue weighted by Crippen LogP contribution is 2.13. The second-order valence-electron chi connectivity index (χ2n) is 5.72. The van der Waals surface area contributed by atoms with E-state index in [1.165, 1.54) is 0 Å². The standard InChI is InChI=1S/C20H21N3O2/c1-15-22-17(14-23(15)18-6-4-3-5-7-18)12-13-21-20(24)16-8-10-19(25-2)11-9-16/h3-11,14H,12-13H2,1-2H3,(H,21,24). The highest BCUT2D eigenvalue weighted by Gasteiger charge is 2.08. The lowest BCUT2D eigenvalue weighted by molar-refractivity contribution is 0.0954. The van der Waals surface area contributed by atoms with Crippen molar-refractivity contribution in [1.29, 1.82) is 0 Å². The van der Waals surface area contributed by atoms with E-state index in [1.807, 2.05) is 43.5 Å². The number of rotatable bonds is 6. The number of para-hydroxylation sites is 1. The predicted octanol–water partition coefficient (Wildman–Crippen LogP) is 3.16. The fourth-order valence-corrected chi connectivity index (χ4v) is 2.65. The van der Waals surface area contributed by atoms with Gasteiger partial charge in [-0.3, -0.25) is 4.79 Å². The normalized spacial score (nSPS) is 10.5. The van der Waals surface area contributed by atoms with Gasteiger partial charge in [0.05, 0.1) is 12.8 Å². The second-order valence-corrected chi connectivity index (χ2v) is 5.72. The van der Waals surface area contributed by atoms with Gasteiger partial charge in [0.25, 0.3) is 5.91 Å². The highest BCUT2D eigenvalue weighted by molar-refractivity contribution is 5.94. The molecule has 0 bridgehead atoms. The fraction of sp³-hybridized carbons (Fsp3) is 0.200. The van der Waals surface area contributed by atoms with Crippen LogP contribution in [0.2, 0.25) is 0 Å². The van der Waals surface area contributed by atoms with E-state index in [2.05, 4.69) is 14.9 Å². The Morgan fingerprint density at radius 3 is 2.52 bits per heavy atom. The first-order valence-corrected chi connectivity index (χ1v) is 8.20. The van der Waals surface area contributed by atoms with Crippen molar-refractivity contribution in [3.63, 3.8) is 0 Å². The Labute approximate surface area is 147 Å². The van der Waals surface area contributed by atoms with Crippen molar-refractivity contribution in [2.45, 2.75) is 13.3 Å². The predicted molar refractivity (Wildman–Crippen MR) is 97.3 cm³/mol. The van der Waals surface area contributed by atoms with Gasteiger partial charge in [0.15, 0.2) is 0 Å². The van der Waals surface area contributed by atoms with E-state index in [0.717, 1.165) is 23.0 Å². The van der Waals surface area contributed by atoms with Crippen molar-refractivity contribution < 1.29 is 9.53 Å². The fourth-order valence-electron chi connectivity index (χ4n) is 2.65. The van der Waals surface area contributed by atoms with Gasteiger partial charge in [-0.1, -0.05) is 18.2 Å². The molecule has 128 valence electrons. The zero-order valence-electron chi connectivity index (χ0n) is 14.4. The molecule has 25 heavy (non-hydrogen) atoms. The molecule has 0 aliphatic rings. The van der Waals surface area contributed by atoms with Gasteiger partial charge >= 0.3 is 0 Å². The zero-order valence-corrected chi connectivity index (χ0v) is 14.4. The van der Waals surface area contributed by atoms with E-state index in [0.29, 0.717) is 18.5 Å². The number of amides is 1. The summed E-state index contributed by atoms with van der Waals surface area (Å²) >= 11 is 0. The molecular formula is C20H21N3O2. The van der Waals surface area contributed by atoms with Crippen LogP contribution in [0.15, 0.2) is 60.8 Å². The maximum atomic E-state index is 12.2. The molecule has 0 saturated heterocycles. The van der Waals surface area contributed by atoms with Crippen LogP contribution in [0.3, 0.4) is 0 Å². The van der Waals surface area contributed by atoms with Crippen LogP contribution in [-0.2, 0) is 6.42 Å². The third-order valence-electron chi connectivity index (χ3n) is 3.99. The van der Waals surface area contributed by atoms with Crippen LogP contribution in [0.4, 0.5) is 0 Å². The lowest BCUT2D eigenvalue weighted by Gasteiger charge is -2.05. The van der Waals surface area contributed by atoms with Gasteiger partial charge in [-0.15, -0.1) is 0 Å². The number of carbonyl (C=O) groups is 1. The smallest absolute Gasteiger partial charge is 0.251 e. The summed E-state index contributed by atoms with van der Waals surface area (Å²) in [6.45, 7) is 2.52. The molecule has 2 aromatic carbocycles. The molecule has 1 amide bonds. The molecule has 0 spiro atoms. The minimum atomic E-state index is -0.0955. The number of nitrogens with one attached hydrogen (secondary N) is 1. The molecule has 0 aliphatic carbocycles. The van der Waals surface area contributed by atoms with E-state index in [4.69, 9.17) is 4.74 Å². The number of aryl methyl sites for hydroxylation is 1. The third kappa shape index (κ3) is 4.07. The molecule has 0 aliphatic heterocycles. The second kappa shape index (κ2) is 7.66. The van der Waals surface area contributed by atoms with Gasteiger partial charge in [0.1, 0.15) is 11.6 Å². The molecule has 0 saturated carbocycles. The number of hydrogen-bond acceptors (Lipinski definition) is 3. The van der Waals surface area contributed by atoms with Gasteiger partial charge in [0.2, 0.25) is 0 Å².